The summed E-state index contributed by atoms with van der Waals surface area (Å²) in [7, 11) is 0. The summed E-state index contributed by atoms with van der Waals surface area (Å²) < 4.78 is 10.00. The lowest BCUT2D eigenvalue weighted by Gasteiger charge is -2.28. The van der Waals surface area contributed by atoms with Gasteiger partial charge in [-0.15, -0.1) is 0 Å². The number of hydrogen-bond acceptors (Lipinski definition) is 7. The maximum Gasteiger partial charge on any atom is 0.201 e. The highest BCUT2D eigenvalue weighted by Gasteiger charge is 2.23. The van der Waals surface area contributed by atoms with E-state index in [1.54, 1.807) is 18.2 Å². The van der Waals surface area contributed by atoms with Crippen LogP contribution in [0.4, 0.5) is 5.82 Å². The number of halogens is 2. The number of nitrogen functional groups attached to an aromatic ring is 1. The van der Waals surface area contributed by atoms with E-state index in [0.29, 0.717) is 47.9 Å². The SMILES string of the molecule is Nc1nonc1/C(=N/OCc1ccc(Cl)cc1Cl)N1CCOCC1. The van der Waals surface area contributed by atoms with Crippen LogP contribution in [0.3, 0.4) is 0 Å². The fourth-order valence-electron chi connectivity index (χ4n) is 2.18. The van der Waals surface area contributed by atoms with Crippen LogP contribution in [0.5, 0.6) is 0 Å². The summed E-state index contributed by atoms with van der Waals surface area (Å²) in [6, 6.07) is 5.16. The van der Waals surface area contributed by atoms with Crippen LogP contribution in [-0.4, -0.2) is 47.4 Å². The molecule has 24 heavy (non-hydrogen) atoms. The summed E-state index contributed by atoms with van der Waals surface area (Å²) in [6.45, 7) is 2.60. The standard InChI is InChI=1S/C14H15Cl2N5O3/c15-10-2-1-9(11(16)7-10)8-23-20-14(12-13(17)19-24-18-12)21-3-5-22-6-4-21/h1-2,7H,3-6,8H2,(H2,17,19)/b20-14-. The van der Waals surface area contributed by atoms with E-state index < -0.39 is 0 Å². The van der Waals surface area contributed by atoms with Crippen molar-refractivity contribution in [2.75, 3.05) is 32.0 Å². The first-order valence-corrected chi connectivity index (χ1v) is 7.95. The summed E-state index contributed by atoms with van der Waals surface area (Å²) in [6.07, 6.45) is 0. The third kappa shape index (κ3) is 3.89. The number of ether oxygens (including phenoxy) is 1. The minimum Gasteiger partial charge on any atom is -0.389 e. The minimum absolute atomic E-state index is 0.147. The Morgan fingerprint density at radius 3 is 2.75 bits per heavy atom. The fourth-order valence-corrected chi connectivity index (χ4v) is 2.64. The van der Waals surface area contributed by atoms with Gasteiger partial charge in [0, 0.05) is 28.7 Å². The average Bonchev–Trinajstić information content (AvgIpc) is 3.00. The van der Waals surface area contributed by atoms with Crippen molar-refractivity contribution in [3.63, 3.8) is 0 Å². The van der Waals surface area contributed by atoms with Crippen molar-refractivity contribution in [1.29, 1.82) is 0 Å². The number of aromatic nitrogens is 2. The second kappa shape index (κ2) is 7.69. The van der Waals surface area contributed by atoms with Gasteiger partial charge in [-0.25, -0.2) is 4.63 Å². The zero-order chi connectivity index (χ0) is 16.9. The Labute approximate surface area is 148 Å². The highest BCUT2D eigenvalue weighted by atomic mass is 35.5. The predicted octanol–water partition coefficient (Wildman–Crippen LogP) is 2.17. The topological polar surface area (TPSA) is 99.0 Å². The van der Waals surface area contributed by atoms with Crippen LogP contribution < -0.4 is 5.73 Å². The summed E-state index contributed by atoms with van der Waals surface area (Å²) in [5, 5.41) is 12.6. The van der Waals surface area contributed by atoms with E-state index >= 15 is 0 Å². The molecule has 2 aromatic rings. The first-order valence-electron chi connectivity index (χ1n) is 7.20. The third-order valence-corrected chi connectivity index (χ3v) is 4.01. The number of morpholine rings is 1. The van der Waals surface area contributed by atoms with Gasteiger partial charge in [0.05, 0.1) is 13.2 Å². The van der Waals surface area contributed by atoms with E-state index in [4.69, 9.17) is 38.5 Å². The van der Waals surface area contributed by atoms with E-state index in [9.17, 15) is 0 Å². The molecule has 1 saturated heterocycles. The van der Waals surface area contributed by atoms with Gasteiger partial charge in [-0.05, 0) is 22.4 Å². The summed E-state index contributed by atoms with van der Waals surface area (Å²) in [4.78, 5) is 7.39. The molecule has 0 atom stereocenters. The highest BCUT2D eigenvalue weighted by Crippen LogP contribution is 2.22. The molecule has 1 aromatic carbocycles. The normalized spacial score (nSPS) is 15.6. The van der Waals surface area contributed by atoms with Crippen molar-refractivity contribution in [2.24, 2.45) is 5.16 Å². The lowest BCUT2D eigenvalue weighted by molar-refractivity contribution is 0.0630. The smallest absolute Gasteiger partial charge is 0.201 e. The Morgan fingerprint density at radius 1 is 1.29 bits per heavy atom. The summed E-state index contributed by atoms with van der Waals surface area (Å²) in [5.41, 5.74) is 6.87. The van der Waals surface area contributed by atoms with Crippen molar-refractivity contribution in [3.8, 4) is 0 Å². The number of amidine groups is 1. The van der Waals surface area contributed by atoms with Gasteiger partial charge in [0.25, 0.3) is 0 Å². The molecule has 0 bridgehead atoms. The number of rotatable bonds is 4. The van der Waals surface area contributed by atoms with E-state index in [-0.39, 0.29) is 12.4 Å². The molecule has 3 rings (SSSR count). The molecule has 1 aliphatic rings. The molecule has 0 saturated carbocycles. The number of nitrogens with two attached hydrogens (primary N) is 1. The molecule has 128 valence electrons. The molecule has 1 fully saturated rings. The van der Waals surface area contributed by atoms with Crippen LogP contribution in [0.15, 0.2) is 28.0 Å². The van der Waals surface area contributed by atoms with Crippen LogP contribution >= 0.6 is 23.2 Å². The highest BCUT2D eigenvalue weighted by molar-refractivity contribution is 6.35. The van der Waals surface area contributed by atoms with E-state index in [1.807, 2.05) is 4.90 Å². The molecule has 0 radical (unpaired) electrons. The number of hydrogen-bond donors (Lipinski definition) is 1. The molecule has 0 spiro atoms. The molecule has 2 heterocycles. The molecular weight excluding hydrogens is 357 g/mol. The second-order valence-corrected chi connectivity index (χ2v) is 5.87. The first-order chi connectivity index (χ1) is 11.6. The van der Waals surface area contributed by atoms with Crippen molar-refractivity contribution >= 4 is 34.9 Å². The van der Waals surface area contributed by atoms with Gasteiger partial charge in [-0.1, -0.05) is 34.4 Å². The molecule has 0 amide bonds. The molecule has 8 nitrogen and oxygen atoms in total. The van der Waals surface area contributed by atoms with Crippen molar-refractivity contribution in [3.05, 3.63) is 39.5 Å². The second-order valence-electron chi connectivity index (χ2n) is 5.02. The van der Waals surface area contributed by atoms with Crippen LogP contribution in [0.1, 0.15) is 11.3 Å². The van der Waals surface area contributed by atoms with Gasteiger partial charge < -0.3 is 20.2 Å². The van der Waals surface area contributed by atoms with Gasteiger partial charge in [0.2, 0.25) is 5.84 Å². The van der Waals surface area contributed by atoms with E-state index in [2.05, 4.69) is 20.1 Å². The van der Waals surface area contributed by atoms with Crippen LogP contribution in [0, 0.1) is 0 Å². The van der Waals surface area contributed by atoms with Gasteiger partial charge in [0.1, 0.15) is 6.61 Å². The van der Waals surface area contributed by atoms with Crippen molar-refractivity contribution < 1.29 is 14.2 Å². The minimum atomic E-state index is 0.147. The molecule has 0 unspecified atom stereocenters. The fraction of sp³-hybridized carbons (Fsp3) is 0.357. The largest absolute Gasteiger partial charge is 0.389 e. The maximum absolute atomic E-state index is 6.12. The quantitative estimate of drug-likeness (QED) is 0.499. The van der Waals surface area contributed by atoms with Crippen LogP contribution in [0.25, 0.3) is 0 Å². The Morgan fingerprint density at radius 2 is 2.08 bits per heavy atom. The molecule has 0 aliphatic carbocycles. The average molecular weight is 372 g/mol. The summed E-state index contributed by atoms with van der Waals surface area (Å²) >= 11 is 12.0. The Hall–Kier alpha value is -2.03. The number of nitrogens with zero attached hydrogens (tertiary/aromatic N) is 4. The van der Waals surface area contributed by atoms with Gasteiger partial charge in [-0.2, -0.15) is 0 Å². The molecule has 10 heteroatoms. The van der Waals surface area contributed by atoms with E-state index in [1.165, 1.54) is 0 Å². The Bertz CT molecular complexity index is 731. The van der Waals surface area contributed by atoms with Gasteiger partial charge in [0.15, 0.2) is 11.5 Å². The van der Waals surface area contributed by atoms with Crippen LogP contribution in [-0.2, 0) is 16.2 Å². The van der Waals surface area contributed by atoms with Gasteiger partial charge in [-0.3, -0.25) is 0 Å². The number of benzene rings is 1. The maximum atomic E-state index is 6.12. The van der Waals surface area contributed by atoms with Gasteiger partial charge >= 0.3 is 0 Å². The Kier molecular flexibility index (Phi) is 5.39. The first kappa shape index (κ1) is 16.8. The van der Waals surface area contributed by atoms with Crippen molar-refractivity contribution in [2.45, 2.75) is 6.61 Å². The molecule has 2 N–H and O–H groups in total. The van der Waals surface area contributed by atoms with E-state index in [0.717, 1.165) is 5.56 Å². The predicted molar refractivity (Wildman–Crippen MR) is 88.9 cm³/mol. The number of anilines is 1. The number of oxime groups is 1. The molecular formula is C14H15Cl2N5O3. The summed E-state index contributed by atoms with van der Waals surface area (Å²) in [5.74, 6) is 0.593. The molecule has 1 aromatic heterocycles. The van der Waals surface area contributed by atoms with Crippen molar-refractivity contribution in [1.82, 2.24) is 15.2 Å². The third-order valence-electron chi connectivity index (χ3n) is 3.42. The lowest BCUT2D eigenvalue weighted by Crippen LogP contribution is -2.41. The molecule has 1 aliphatic heterocycles. The Balaban J connectivity index is 1.77. The van der Waals surface area contributed by atoms with Crippen LogP contribution in [0.2, 0.25) is 10.0 Å². The zero-order valence-electron chi connectivity index (χ0n) is 12.6. The lowest BCUT2D eigenvalue weighted by atomic mass is 10.2. The zero-order valence-corrected chi connectivity index (χ0v) is 14.1. The monoisotopic (exact) mass is 371 g/mol.